The summed E-state index contributed by atoms with van der Waals surface area (Å²) in [6.45, 7) is 1.60. The van der Waals surface area contributed by atoms with Crippen molar-refractivity contribution in [3.05, 3.63) is 33.3 Å². The molecule has 6 heteroatoms. The zero-order valence-corrected chi connectivity index (χ0v) is 14.0. The number of benzene rings is 1. The lowest BCUT2D eigenvalue weighted by atomic mass is 9.98. The Bertz CT molecular complexity index is 526. The van der Waals surface area contributed by atoms with E-state index in [-0.39, 0.29) is 24.4 Å². The van der Waals surface area contributed by atoms with Gasteiger partial charge in [0.05, 0.1) is 10.6 Å². The first kappa shape index (κ1) is 16.1. The number of nitrogens with two attached hydrogens (primary N) is 1. The zero-order chi connectivity index (χ0) is 13.6. The van der Waals surface area contributed by atoms with E-state index in [0.717, 1.165) is 30.4 Å². The van der Waals surface area contributed by atoms with E-state index >= 15 is 0 Å². The highest BCUT2D eigenvalue weighted by molar-refractivity contribution is 9.10. The molecule has 1 aromatic carbocycles. The molecular formula is C14H17BrCl2N2O. The first-order chi connectivity index (χ1) is 9.06. The number of rotatable bonds is 1. The van der Waals surface area contributed by atoms with Gasteiger partial charge < -0.3 is 10.6 Å². The minimum atomic E-state index is 0. The monoisotopic (exact) mass is 378 g/mol. The predicted molar refractivity (Wildman–Crippen MR) is 86.5 cm³/mol. The third kappa shape index (κ3) is 2.84. The van der Waals surface area contributed by atoms with Gasteiger partial charge in [-0.2, -0.15) is 0 Å². The average molecular weight is 380 g/mol. The maximum atomic E-state index is 12.5. The van der Waals surface area contributed by atoms with Crippen molar-refractivity contribution in [2.45, 2.75) is 18.9 Å². The molecule has 20 heavy (non-hydrogen) atoms. The second-order valence-corrected chi connectivity index (χ2v) is 6.82. The Kier molecular flexibility index (Phi) is 5.00. The minimum absolute atomic E-state index is 0. The fourth-order valence-electron chi connectivity index (χ4n) is 3.31. The highest BCUT2D eigenvalue weighted by Gasteiger charge is 2.42. The van der Waals surface area contributed by atoms with Crippen molar-refractivity contribution in [2.24, 2.45) is 17.6 Å². The van der Waals surface area contributed by atoms with Crippen LogP contribution in [-0.2, 0) is 0 Å². The van der Waals surface area contributed by atoms with Crippen LogP contribution in [-0.4, -0.2) is 29.9 Å². The number of hydrogen-bond acceptors (Lipinski definition) is 2. The molecule has 0 aromatic heterocycles. The second kappa shape index (κ2) is 6.22. The number of hydrogen-bond donors (Lipinski definition) is 1. The molecule has 1 saturated carbocycles. The molecule has 3 nitrogen and oxygen atoms in total. The van der Waals surface area contributed by atoms with Gasteiger partial charge in [0.1, 0.15) is 0 Å². The second-order valence-electron chi connectivity index (χ2n) is 5.50. The van der Waals surface area contributed by atoms with Gasteiger partial charge in [-0.1, -0.05) is 27.5 Å². The van der Waals surface area contributed by atoms with Gasteiger partial charge in [0.25, 0.3) is 5.91 Å². The van der Waals surface area contributed by atoms with E-state index in [1.54, 1.807) is 12.1 Å². The van der Waals surface area contributed by atoms with Crippen LogP contribution in [0.2, 0.25) is 5.02 Å². The molecule has 2 aliphatic rings. The maximum Gasteiger partial charge on any atom is 0.255 e. The van der Waals surface area contributed by atoms with Gasteiger partial charge in [-0.05, 0) is 42.9 Å². The summed E-state index contributed by atoms with van der Waals surface area (Å²) < 4.78 is 0.884. The largest absolute Gasteiger partial charge is 0.338 e. The van der Waals surface area contributed by atoms with E-state index in [4.69, 9.17) is 17.3 Å². The molecule has 3 unspecified atom stereocenters. The molecular weight excluding hydrogens is 363 g/mol. The maximum absolute atomic E-state index is 12.5. The highest BCUT2D eigenvalue weighted by atomic mass is 79.9. The molecule has 0 bridgehead atoms. The average Bonchev–Trinajstić information content (AvgIpc) is 2.91. The summed E-state index contributed by atoms with van der Waals surface area (Å²) in [4.78, 5) is 14.4. The van der Waals surface area contributed by atoms with E-state index in [0.29, 0.717) is 22.4 Å². The predicted octanol–water partition coefficient (Wildman–Crippen LogP) is 3.33. The lowest BCUT2D eigenvalue weighted by Crippen LogP contribution is -2.33. The van der Waals surface area contributed by atoms with E-state index < -0.39 is 0 Å². The Balaban J connectivity index is 0.00000147. The van der Waals surface area contributed by atoms with Gasteiger partial charge in [0.2, 0.25) is 0 Å². The molecule has 0 radical (unpaired) electrons. The summed E-state index contributed by atoms with van der Waals surface area (Å²) in [5.41, 5.74) is 6.68. The molecule has 1 aliphatic heterocycles. The van der Waals surface area contributed by atoms with Crippen LogP contribution in [0.15, 0.2) is 22.7 Å². The standard InChI is InChI=1S/C14H16BrClN2O.ClH/c15-9-2-3-10(12(16)5-9)14(19)18-6-8-1-4-13(17)11(8)7-18;/h2-3,5,8,11,13H,1,4,6-7,17H2;1H. The van der Waals surface area contributed by atoms with Crippen LogP contribution < -0.4 is 5.73 Å². The van der Waals surface area contributed by atoms with Gasteiger partial charge in [-0.3, -0.25) is 4.79 Å². The zero-order valence-electron chi connectivity index (χ0n) is 10.9. The first-order valence-corrected chi connectivity index (χ1v) is 7.73. The van der Waals surface area contributed by atoms with Crippen LogP contribution in [0.1, 0.15) is 23.2 Å². The molecule has 2 fully saturated rings. The van der Waals surface area contributed by atoms with E-state index in [1.165, 1.54) is 0 Å². The van der Waals surface area contributed by atoms with Gasteiger partial charge in [-0.25, -0.2) is 0 Å². The van der Waals surface area contributed by atoms with Gasteiger partial charge >= 0.3 is 0 Å². The molecule has 1 amide bonds. The molecule has 1 saturated heterocycles. The van der Waals surface area contributed by atoms with Crippen LogP contribution in [0.4, 0.5) is 0 Å². The van der Waals surface area contributed by atoms with Gasteiger partial charge in [-0.15, -0.1) is 12.4 Å². The van der Waals surface area contributed by atoms with Crippen LogP contribution >= 0.6 is 39.9 Å². The molecule has 1 aliphatic carbocycles. The molecule has 110 valence electrons. The summed E-state index contributed by atoms with van der Waals surface area (Å²) in [5, 5.41) is 0.501. The summed E-state index contributed by atoms with van der Waals surface area (Å²) in [6.07, 6.45) is 2.24. The fourth-order valence-corrected chi connectivity index (χ4v) is 4.06. The van der Waals surface area contributed by atoms with Crippen molar-refractivity contribution in [3.8, 4) is 0 Å². The fraction of sp³-hybridized carbons (Fsp3) is 0.500. The summed E-state index contributed by atoms with van der Waals surface area (Å²) in [5.74, 6) is 1.07. The number of nitrogens with zero attached hydrogens (tertiary/aromatic N) is 1. The topological polar surface area (TPSA) is 46.3 Å². The molecule has 2 N–H and O–H groups in total. The number of amides is 1. The van der Waals surface area contributed by atoms with Crippen LogP contribution in [0.3, 0.4) is 0 Å². The van der Waals surface area contributed by atoms with Crippen molar-refractivity contribution in [2.75, 3.05) is 13.1 Å². The number of likely N-dealkylation sites (tertiary alicyclic amines) is 1. The van der Waals surface area contributed by atoms with Crippen molar-refractivity contribution in [1.29, 1.82) is 0 Å². The van der Waals surface area contributed by atoms with E-state index in [9.17, 15) is 4.79 Å². The van der Waals surface area contributed by atoms with E-state index in [1.807, 2.05) is 11.0 Å². The number of carbonyl (C=O) groups is 1. The lowest BCUT2D eigenvalue weighted by molar-refractivity contribution is 0.0780. The molecule has 0 spiro atoms. The van der Waals surface area contributed by atoms with Crippen molar-refractivity contribution in [1.82, 2.24) is 4.90 Å². The minimum Gasteiger partial charge on any atom is -0.338 e. The van der Waals surface area contributed by atoms with Gasteiger partial charge in [0.15, 0.2) is 0 Å². The first-order valence-electron chi connectivity index (χ1n) is 6.56. The van der Waals surface area contributed by atoms with Crippen LogP contribution in [0, 0.1) is 11.8 Å². The van der Waals surface area contributed by atoms with Gasteiger partial charge in [0, 0.05) is 23.6 Å². The van der Waals surface area contributed by atoms with Crippen molar-refractivity contribution < 1.29 is 4.79 Å². The van der Waals surface area contributed by atoms with Crippen LogP contribution in [0.5, 0.6) is 0 Å². The highest BCUT2D eigenvalue weighted by Crippen LogP contribution is 2.38. The molecule has 1 heterocycles. The third-order valence-electron chi connectivity index (χ3n) is 4.36. The van der Waals surface area contributed by atoms with Crippen molar-refractivity contribution in [3.63, 3.8) is 0 Å². The Hall–Kier alpha value is -0.290. The number of carbonyl (C=O) groups excluding carboxylic acids is 1. The normalized spacial score (nSPS) is 28.1. The van der Waals surface area contributed by atoms with E-state index in [2.05, 4.69) is 15.9 Å². The lowest BCUT2D eigenvalue weighted by Gasteiger charge is -2.19. The Labute approximate surface area is 138 Å². The van der Waals surface area contributed by atoms with Crippen molar-refractivity contribution >= 4 is 45.8 Å². The molecule has 1 aromatic rings. The SMILES string of the molecule is Cl.NC1CCC2CN(C(=O)c3ccc(Br)cc3Cl)CC12. The molecule has 3 atom stereocenters. The smallest absolute Gasteiger partial charge is 0.255 e. The number of fused-ring (bicyclic) bond motifs is 1. The Morgan fingerprint density at radius 3 is 2.75 bits per heavy atom. The third-order valence-corrected chi connectivity index (χ3v) is 5.17. The summed E-state index contributed by atoms with van der Waals surface area (Å²) >= 11 is 9.50. The summed E-state index contributed by atoms with van der Waals surface area (Å²) in [6, 6.07) is 5.64. The summed E-state index contributed by atoms with van der Waals surface area (Å²) in [7, 11) is 0. The Morgan fingerprint density at radius 2 is 2.10 bits per heavy atom. The Morgan fingerprint density at radius 1 is 1.35 bits per heavy atom. The molecule has 3 rings (SSSR count). The quantitative estimate of drug-likeness (QED) is 0.813. The van der Waals surface area contributed by atoms with Crippen LogP contribution in [0.25, 0.3) is 0 Å². The number of halogens is 3.